The van der Waals surface area contributed by atoms with Gasteiger partial charge >= 0.3 is 0 Å². The lowest BCUT2D eigenvalue weighted by Crippen LogP contribution is -2.23. The van der Waals surface area contributed by atoms with Crippen LogP contribution in [0.4, 0.5) is 5.69 Å². The molecule has 1 aromatic carbocycles. The van der Waals surface area contributed by atoms with Gasteiger partial charge in [-0.05, 0) is 45.0 Å². The SMILES string of the molecule is CC(=O)c1ccc(NC(=O)[C@@H](C)SCc2cc(=O)n3c(C)csc3n2)cc1. The van der Waals surface area contributed by atoms with Crippen molar-refractivity contribution in [3.8, 4) is 0 Å². The van der Waals surface area contributed by atoms with Crippen molar-refractivity contribution in [2.45, 2.75) is 31.8 Å². The van der Waals surface area contributed by atoms with E-state index >= 15 is 0 Å². The lowest BCUT2D eigenvalue weighted by molar-refractivity contribution is -0.115. The van der Waals surface area contributed by atoms with Gasteiger partial charge in [0.05, 0.1) is 10.9 Å². The zero-order valence-electron chi connectivity index (χ0n) is 15.2. The third kappa shape index (κ3) is 4.45. The minimum atomic E-state index is -0.317. The van der Waals surface area contributed by atoms with E-state index in [-0.39, 0.29) is 22.5 Å². The highest BCUT2D eigenvalue weighted by Crippen LogP contribution is 2.20. The average molecular weight is 402 g/mol. The van der Waals surface area contributed by atoms with Crippen LogP contribution in [-0.2, 0) is 10.5 Å². The summed E-state index contributed by atoms with van der Waals surface area (Å²) < 4.78 is 1.58. The highest BCUT2D eigenvalue weighted by Gasteiger charge is 2.15. The third-order valence-corrected chi connectivity index (χ3v) is 6.16. The van der Waals surface area contributed by atoms with E-state index in [1.54, 1.807) is 28.7 Å². The number of nitrogens with zero attached hydrogens (tertiary/aromatic N) is 2. The van der Waals surface area contributed by atoms with Crippen molar-refractivity contribution in [2.24, 2.45) is 0 Å². The number of amides is 1. The number of benzene rings is 1. The smallest absolute Gasteiger partial charge is 0.258 e. The second-order valence-corrected chi connectivity index (χ2v) is 8.32. The molecule has 27 heavy (non-hydrogen) atoms. The first-order chi connectivity index (χ1) is 12.8. The number of fused-ring (bicyclic) bond motifs is 1. The number of hydrogen-bond acceptors (Lipinski definition) is 6. The van der Waals surface area contributed by atoms with Crippen LogP contribution in [0.1, 0.15) is 35.6 Å². The highest BCUT2D eigenvalue weighted by atomic mass is 32.2. The number of aromatic nitrogens is 2. The van der Waals surface area contributed by atoms with Gasteiger partial charge in [-0.15, -0.1) is 23.1 Å². The Balaban J connectivity index is 1.61. The number of carbonyl (C=O) groups excluding carboxylic acids is 2. The van der Waals surface area contributed by atoms with Crippen molar-refractivity contribution in [3.05, 3.63) is 63.0 Å². The van der Waals surface area contributed by atoms with E-state index in [4.69, 9.17) is 0 Å². The van der Waals surface area contributed by atoms with Gasteiger partial charge in [0.1, 0.15) is 0 Å². The second-order valence-electron chi connectivity index (χ2n) is 6.16. The Morgan fingerprint density at radius 1 is 1.30 bits per heavy atom. The minimum Gasteiger partial charge on any atom is -0.325 e. The summed E-state index contributed by atoms with van der Waals surface area (Å²) in [6.07, 6.45) is 0. The molecular formula is C19H19N3O3S2. The zero-order chi connectivity index (χ0) is 19.6. The molecule has 1 N–H and O–H groups in total. The molecule has 0 aliphatic carbocycles. The Labute approximate surface area is 164 Å². The quantitative estimate of drug-likeness (QED) is 0.639. The molecule has 0 unspecified atom stereocenters. The van der Waals surface area contributed by atoms with Gasteiger partial charge in [-0.25, -0.2) is 4.98 Å². The summed E-state index contributed by atoms with van der Waals surface area (Å²) in [4.78, 5) is 41.0. The molecule has 0 saturated heterocycles. The first-order valence-corrected chi connectivity index (χ1v) is 10.3. The number of thioether (sulfide) groups is 1. The minimum absolute atomic E-state index is 0.0156. The van der Waals surface area contributed by atoms with Crippen molar-refractivity contribution >= 4 is 45.4 Å². The summed E-state index contributed by atoms with van der Waals surface area (Å²) >= 11 is 2.84. The molecular weight excluding hydrogens is 382 g/mol. The number of rotatable bonds is 6. The summed E-state index contributed by atoms with van der Waals surface area (Å²) in [6, 6.07) is 8.31. The second kappa shape index (κ2) is 8.06. The van der Waals surface area contributed by atoms with Crippen LogP contribution in [0, 0.1) is 6.92 Å². The number of carbonyl (C=O) groups is 2. The Morgan fingerprint density at radius 2 is 2.00 bits per heavy atom. The average Bonchev–Trinajstić information content (AvgIpc) is 3.01. The maximum absolute atomic E-state index is 12.4. The fourth-order valence-corrected chi connectivity index (χ4v) is 4.16. The Bertz CT molecular complexity index is 1050. The predicted octanol–water partition coefficient (Wildman–Crippen LogP) is 3.53. The molecule has 3 aromatic rings. The molecule has 3 rings (SSSR count). The van der Waals surface area contributed by atoms with Crippen LogP contribution >= 0.6 is 23.1 Å². The van der Waals surface area contributed by atoms with Gasteiger partial charge in [-0.1, -0.05) is 0 Å². The predicted molar refractivity (Wildman–Crippen MR) is 110 cm³/mol. The van der Waals surface area contributed by atoms with Gasteiger partial charge in [-0.3, -0.25) is 18.8 Å². The standard InChI is InChI=1S/C19H19N3O3S2/c1-11-9-27-19-21-16(8-17(24)22(11)19)10-26-13(3)18(25)20-15-6-4-14(5-7-15)12(2)23/h4-9,13H,10H2,1-3H3,(H,20,25)/t13-/m1/s1. The fraction of sp³-hybridized carbons (Fsp3) is 0.263. The lowest BCUT2D eigenvalue weighted by Gasteiger charge is -2.12. The van der Waals surface area contributed by atoms with Gasteiger partial charge in [0.25, 0.3) is 5.56 Å². The molecule has 2 aromatic heterocycles. The molecule has 0 radical (unpaired) electrons. The Kier molecular flexibility index (Phi) is 5.76. The number of nitrogens with one attached hydrogen (secondary N) is 1. The van der Waals surface area contributed by atoms with E-state index in [1.165, 1.54) is 36.1 Å². The molecule has 8 heteroatoms. The van der Waals surface area contributed by atoms with Gasteiger partial charge in [-0.2, -0.15) is 0 Å². The van der Waals surface area contributed by atoms with Crippen LogP contribution in [-0.4, -0.2) is 26.3 Å². The van der Waals surface area contributed by atoms with E-state index in [0.717, 1.165) is 5.69 Å². The van der Waals surface area contributed by atoms with Gasteiger partial charge in [0.15, 0.2) is 10.7 Å². The molecule has 6 nitrogen and oxygen atoms in total. The number of thiazole rings is 1. The summed E-state index contributed by atoms with van der Waals surface area (Å²) in [7, 11) is 0. The van der Waals surface area contributed by atoms with Crippen LogP contribution < -0.4 is 10.9 Å². The van der Waals surface area contributed by atoms with E-state index in [0.29, 0.717) is 27.7 Å². The fourth-order valence-electron chi connectivity index (χ4n) is 2.49. The van der Waals surface area contributed by atoms with Crippen LogP contribution in [0.3, 0.4) is 0 Å². The largest absolute Gasteiger partial charge is 0.325 e. The highest BCUT2D eigenvalue weighted by molar-refractivity contribution is 7.99. The van der Waals surface area contributed by atoms with Crippen LogP contribution in [0.2, 0.25) is 0 Å². The van der Waals surface area contributed by atoms with E-state index in [2.05, 4.69) is 10.3 Å². The van der Waals surface area contributed by atoms with Crippen LogP contribution in [0.15, 0.2) is 40.5 Å². The van der Waals surface area contributed by atoms with Crippen LogP contribution in [0.5, 0.6) is 0 Å². The Morgan fingerprint density at radius 3 is 2.67 bits per heavy atom. The molecule has 2 heterocycles. The number of Topliss-reactive ketones (excluding diaryl/α,β-unsaturated/α-hetero) is 1. The maximum atomic E-state index is 12.4. The summed E-state index contributed by atoms with van der Waals surface area (Å²) in [6.45, 7) is 5.18. The van der Waals surface area contributed by atoms with Gasteiger partial charge in [0.2, 0.25) is 5.91 Å². The topological polar surface area (TPSA) is 80.5 Å². The van der Waals surface area contributed by atoms with E-state index in [1.807, 2.05) is 19.2 Å². The van der Waals surface area contributed by atoms with Gasteiger partial charge in [0, 0.05) is 34.1 Å². The molecule has 0 spiro atoms. The summed E-state index contributed by atoms with van der Waals surface area (Å²) in [5.41, 5.74) is 2.68. The number of aryl methyl sites for hydroxylation is 1. The molecule has 0 saturated carbocycles. The van der Waals surface area contributed by atoms with Crippen molar-refractivity contribution in [2.75, 3.05) is 5.32 Å². The van der Waals surface area contributed by atoms with Crippen molar-refractivity contribution in [1.29, 1.82) is 0 Å². The molecule has 1 amide bonds. The molecule has 1 atom stereocenters. The number of anilines is 1. The normalized spacial score (nSPS) is 12.1. The van der Waals surface area contributed by atoms with Crippen LogP contribution in [0.25, 0.3) is 4.96 Å². The first-order valence-electron chi connectivity index (χ1n) is 8.35. The third-order valence-electron chi connectivity index (χ3n) is 4.04. The van der Waals surface area contributed by atoms with E-state index < -0.39 is 0 Å². The molecule has 0 aliphatic rings. The van der Waals surface area contributed by atoms with Crippen molar-refractivity contribution in [1.82, 2.24) is 9.38 Å². The summed E-state index contributed by atoms with van der Waals surface area (Å²) in [5, 5.41) is 4.41. The summed E-state index contributed by atoms with van der Waals surface area (Å²) in [5.74, 6) is 0.319. The molecule has 0 aliphatic heterocycles. The van der Waals surface area contributed by atoms with Gasteiger partial charge < -0.3 is 5.32 Å². The van der Waals surface area contributed by atoms with Crippen molar-refractivity contribution < 1.29 is 9.59 Å². The number of ketones is 1. The number of hydrogen-bond donors (Lipinski definition) is 1. The molecule has 140 valence electrons. The van der Waals surface area contributed by atoms with Crippen molar-refractivity contribution in [3.63, 3.8) is 0 Å². The monoisotopic (exact) mass is 401 g/mol. The lowest BCUT2D eigenvalue weighted by atomic mass is 10.1. The zero-order valence-corrected chi connectivity index (χ0v) is 16.8. The molecule has 0 bridgehead atoms. The Hall–Kier alpha value is -2.45. The molecule has 0 fully saturated rings. The first kappa shape index (κ1) is 19.3. The van der Waals surface area contributed by atoms with E-state index in [9.17, 15) is 14.4 Å². The maximum Gasteiger partial charge on any atom is 0.258 e.